The predicted octanol–water partition coefficient (Wildman–Crippen LogP) is 6.02. The molecule has 1 aliphatic rings. The molecule has 0 saturated heterocycles. The largest absolute Gasteiger partial charge is 0.450 e. The average Bonchev–Trinajstić information content (AvgIpc) is 3.07. The Morgan fingerprint density at radius 3 is 2.47 bits per heavy atom. The Labute approximate surface area is 190 Å². The highest BCUT2D eigenvalue weighted by atomic mass is 35.5. The van der Waals surface area contributed by atoms with Gasteiger partial charge in [0.1, 0.15) is 11.4 Å². The van der Waals surface area contributed by atoms with Crippen molar-refractivity contribution >= 4 is 34.3 Å². The van der Waals surface area contributed by atoms with Gasteiger partial charge in [-0.15, -0.1) is 0 Å². The second-order valence-corrected chi connectivity index (χ2v) is 8.84. The lowest BCUT2D eigenvalue weighted by Crippen LogP contribution is -2.30. The van der Waals surface area contributed by atoms with E-state index in [4.69, 9.17) is 16.0 Å². The molecule has 2 aromatic heterocycles. The van der Waals surface area contributed by atoms with Crippen molar-refractivity contribution in [1.29, 1.82) is 0 Å². The number of aryl methyl sites for hydroxylation is 1. The highest BCUT2D eigenvalue weighted by Gasteiger charge is 2.44. The van der Waals surface area contributed by atoms with Crippen LogP contribution in [0.15, 0.2) is 70.0 Å². The van der Waals surface area contributed by atoms with Crippen molar-refractivity contribution in [3.8, 4) is 0 Å². The van der Waals surface area contributed by atoms with Gasteiger partial charge in [-0.2, -0.15) is 0 Å². The Bertz CT molecular complexity index is 1420. The van der Waals surface area contributed by atoms with Crippen molar-refractivity contribution in [1.82, 2.24) is 4.98 Å². The lowest BCUT2D eigenvalue weighted by atomic mass is 9.95. The SMILES string of the molecule is Cc1ccnc(N2C(=O)c3oc4ccc(Cl)cc4c(=O)c3[C@@H]2c2ccc(C(C)C)cc2)c1. The van der Waals surface area contributed by atoms with E-state index >= 15 is 0 Å². The van der Waals surface area contributed by atoms with Crippen LogP contribution in [0.4, 0.5) is 5.82 Å². The Kier molecular flexibility index (Phi) is 4.86. The van der Waals surface area contributed by atoms with Crippen molar-refractivity contribution in [3.63, 3.8) is 0 Å². The van der Waals surface area contributed by atoms with E-state index in [0.29, 0.717) is 33.3 Å². The molecule has 4 aromatic rings. The highest BCUT2D eigenvalue weighted by Crippen LogP contribution is 2.41. The minimum atomic E-state index is -0.646. The van der Waals surface area contributed by atoms with Crippen molar-refractivity contribution in [3.05, 3.63) is 104 Å². The van der Waals surface area contributed by atoms with E-state index < -0.39 is 6.04 Å². The molecule has 0 radical (unpaired) electrons. The van der Waals surface area contributed by atoms with Gasteiger partial charge in [0.15, 0.2) is 5.43 Å². The van der Waals surface area contributed by atoms with Crippen LogP contribution in [0, 0.1) is 6.92 Å². The first-order chi connectivity index (χ1) is 15.3. The second-order valence-electron chi connectivity index (χ2n) is 8.40. The second kappa shape index (κ2) is 7.61. The smallest absolute Gasteiger partial charge is 0.296 e. The summed E-state index contributed by atoms with van der Waals surface area (Å²) in [5.74, 6) is 0.504. The predicted molar refractivity (Wildman–Crippen MR) is 126 cm³/mol. The van der Waals surface area contributed by atoms with Gasteiger partial charge in [-0.3, -0.25) is 14.5 Å². The van der Waals surface area contributed by atoms with E-state index in [9.17, 15) is 9.59 Å². The molecule has 0 fully saturated rings. The third-order valence-corrected chi connectivity index (χ3v) is 6.13. The Balaban J connectivity index is 1.79. The number of carbonyl (C=O) groups is 1. The lowest BCUT2D eigenvalue weighted by molar-refractivity contribution is 0.0970. The average molecular weight is 445 g/mol. The Morgan fingerprint density at radius 2 is 1.78 bits per heavy atom. The zero-order chi connectivity index (χ0) is 22.6. The summed E-state index contributed by atoms with van der Waals surface area (Å²) in [5, 5.41) is 0.788. The number of hydrogen-bond donors (Lipinski definition) is 0. The third kappa shape index (κ3) is 3.21. The van der Waals surface area contributed by atoms with E-state index in [1.54, 1.807) is 29.3 Å². The fourth-order valence-corrected chi connectivity index (χ4v) is 4.38. The fourth-order valence-electron chi connectivity index (χ4n) is 4.21. The molecular formula is C26H21ClN2O3. The number of aromatic nitrogens is 1. The Hall–Kier alpha value is -3.44. The number of halogens is 1. The van der Waals surface area contributed by atoms with Crippen LogP contribution in [0.5, 0.6) is 0 Å². The van der Waals surface area contributed by atoms with Crippen LogP contribution in [0.2, 0.25) is 5.02 Å². The van der Waals surface area contributed by atoms with Gasteiger partial charge in [0.05, 0.1) is 17.0 Å². The molecular weight excluding hydrogens is 424 g/mol. The van der Waals surface area contributed by atoms with Gasteiger partial charge in [0, 0.05) is 11.2 Å². The summed E-state index contributed by atoms with van der Waals surface area (Å²) in [6.45, 7) is 6.18. The van der Waals surface area contributed by atoms with Gasteiger partial charge >= 0.3 is 0 Å². The van der Waals surface area contributed by atoms with Gasteiger partial charge in [0.25, 0.3) is 5.91 Å². The van der Waals surface area contributed by atoms with Crippen LogP contribution in [-0.2, 0) is 0 Å². The van der Waals surface area contributed by atoms with Crippen molar-refractivity contribution in [2.24, 2.45) is 0 Å². The summed E-state index contributed by atoms with van der Waals surface area (Å²) in [6, 6.07) is 15.9. The number of anilines is 1. The number of fused-ring (bicyclic) bond motifs is 2. The van der Waals surface area contributed by atoms with Gasteiger partial charge in [0.2, 0.25) is 5.76 Å². The minimum absolute atomic E-state index is 0.0473. The molecule has 1 aliphatic heterocycles. The summed E-state index contributed by atoms with van der Waals surface area (Å²) >= 11 is 6.14. The molecule has 32 heavy (non-hydrogen) atoms. The maximum atomic E-state index is 13.6. The minimum Gasteiger partial charge on any atom is -0.450 e. The summed E-state index contributed by atoms with van der Waals surface area (Å²) in [4.78, 5) is 33.1. The first kappa shape index (κ1) is 20.5. The molecule has 0 spiro atoms. The summed E-state index contributed by atoms with van der Waals surface area (Å²) < 4.78 is 5.97. The van der Waals surface area contributed by atoms with Gasteiger partial charge in [-0.1, -0.05) is 49.7 Å². The zero-order valence-corrected chi connectivity index (χ0v) is 18.7. The fraction of sp³-hybridized carbons (Fsp3) is 0.192. The van der Waals surface area contributed by atoms with Gasteiger partial charge in [-0.05, 0) is 59.9 Å². The molecule has 6 heteroatoms. The Morgan fingerprint density at radius 1 is 1.03 bits per heavy atom. The van der Waals surface area contributed by atoms with Crippen LogP contribution >= 0.6 is 11.6 Å². The molecule has 1 atom stereocenters. The van der Waals surface area contributed by atoms with Crippen molar-refractivity contribution in [2.75, 3.05) is 4.90 Å². The lowest BCUT2D eigenvalue weighted by Gasteiger charge is -2.24. The number of nitrogens with zero attached hydrogens (tertiary/aromatic N) is 2. The maximum Gasteiger partial charge on any atom is 0.296 e. The van der Waals surface area contributed by atoms with Crippen LogP contribution < -0.4 is 10.3 Å². The number of hydrogen-bond acceptors (Lipinski definition) is 4. The highest BCUT2D eigenvalue weighted by molar-refractivity contribution is 6.31. The van der Waals surface area contributed by atoms with Crippen LogP contribution in [-0.4, -0.2) is 10.9 Å². The monoisotopic (exact) mass is 444 g/mol. The first-order valence-electron chi connectivity index (χ1n) is 10.5. The third-order valence-electron chi connectivity index (χ3n) is 5.90. The number of carbonyl (C=O) groups excluding carboxylic acids is 1. The molecule has 0 aliphatic carbocycles. The van der Waals surface area contributed by atoms with E-state index in [-0.39, 0.29) is 17.1 Å². The van der Waals surface area contributed by atoms with Gasteiger partial charge < -0.3 is 4.42 Å². The van der Waals surface area contributed by atoms with E-state index in [1.807, 2.05) is 43.3 Å². The molecule has 0 unspecified atom stereocenters. The first-order valence-corrected chi connectivity index (χ1v) is 10.9. The molecule has 3 heterocycles. The van der Waals surface area contributed by atoms with Crippen LogP contribution in [0.1, 0.15) is 58.6 Å². The number of amides is 1. The number of pyridine rings is 1. The van der Waals surface area contributed by atoms with E-state index in [2.05, 4.69) is 18.8 Å². The summed E-state index contributed by atoms with van der Waals surface area (Å²) in [7, 11) is 0. The number of benzene rings is 2. The summed E-state index contributed by atoms with van der Waals surface area (Å²) in [5.41, 5.74) is 3.34. The molecule has 5 rings (SSSR count). The van der Waals surface area contributed by atoms with Crippen LogP contribution in [0.3, 0.4) is 0 Å². The van der Waals surface area contributed by atoms with E-state index in [0.717, 1.165) is 11.1 Å². The molecule has 2 aromatic carbocycles. The standard InChI is InChI=1S/C26H21ClN2O3/c1-14(2)16-4-6-17(7-5-16)23-22-24(30)19-13-18(27)8-9-20(19)32-25(22)26(31)29(23)21-12-15(3)10-11-28-21/h4-14,23H,1-3H3/t23-/m0/s1. The zero-order valence-electron chi connectivity index (χ0n) is 17.9. The van der Waals surface area contributed by atoms with Gasteiger partial charge in [-0.25, -0.2) is 4.98 Å². The molecule has 5 nitrogen and oxygen atoms in total. The molecule has 0 N–H and O–H groups in total. The van der Waals surface area contributed by atoms with Crippen molar-refractivity contribution < 1.29 is 9.21 Å². The topological polar surface area (TPSA) is 63.4 Å². The van der Waals surface area contributed by atoms with E-state index in [1.165, 1.54) is 5.56 Å². The molecule has 160 valence electrons. The maximum absolute atomic E-state index is 13.6. The number of rotatable bonds is 3. The normalized spacial score (nSPS) is 15.6. The van der Waals surface area contributed by atoms with Crippen molar-refractivity contribution in [2.45, 2.75) is 32.7 Å². The molecule has 0 saturated carbocycles. The summed E-state index contributed by atoms with van der Waals surface area (Å²) in [6.07, 6.45) is 1.66. The molecule has 0 bridgehead atoms. The molecule has 1 amide bonds. The quantitative estimate of drug-likeness (QED) is 0.387. The van der Waals surface area contributed by atoms with Crippen LogP contribution in [0.25, 0.3) is 11.0 Å².